The quantitative estimate of drug-likeness (QED) is 0.783. The number of carbonyl (C=O) groups excluding carboxylic acids is 1. The number of halogens is 1. The van der Waals surface area contributed by atoms with Gasteiger partial charge in [-0.15, -0.1) is 0 Å². The van der Waals surface area contributed by atoms with Gasteiger partial charge in [0, 0.05) is 12.4 Å². The number of aromatic nitrogens is 2. The van der Waals surface area contributed by atoms with Crippen LogP contribution < -0.4 is 15.4 Å². The van der Waals surface area contributed by atoms with E-state index >= 15 is 0 Å². The van der Waals surface area contributed by atoms with E-state index in [4.69, 9.17) is 4.74 Å². The topological polar surface area (TPSA) is 68.2 Å². The van der Waals surface area contributed by atoms with Crippen LogP contribution in [0.5, 0.6) is 5.75 Å². The molecule has 0 atom stereocenters. The zero-order valence-electron chi connectivity index (χ0n) is 13.4. The Hall–Kier alpha value is -2.41. The smallest absolute Gasteiger partial charge is 0.248 e. The lowest BCUT2D eigenvalue weighted by molar-refractivity contribution is -0.132. The summed E-state index contributed by atoms with van der Waals surface area (Å²) in [7, 11) is 0. The Morgan fingerprint density at radius 1 is 1.33 bits per heavy atom. The van der Waals surface area contributed by atoms with Crippen molar-refractivity contribution in [3.8, 4) is 5.75 Å². The van der Waals surface area contributed by atoms with Crippen molar-refractivity contribution >= 4 is 5.91 Å². The number of para-hydroxylation sites is 1. The molecule has 1 amide bonds. The van der Waals surface area contributed by atoms with Crippen LogP contribution in [-0.2, 0) is 10.3 Å². The fraction of sp³-hybridized carbons (Fsp3) is 0.412. The number of amides is 1. The van der Waals surface area contributed by atoms with E-state index in [1.807, 2.05) is 12.3 Å². The van der Waals surface area contributed by atoms with Crippen molar-refractivity contribution in [2.75, 3.05) is 26.2 Å². The van der Waals surface area contributed by atoms with Crippen LogP contribution in [-0.4, -0.2) is 41.9 Å². The second kappa shape index (κ2) is 7.44. The van der Waals surface area contributed by atoms with Gasteiger partial charge in [0.15, 0.2) is 11.6 Å². The minimum Gasteiger partial charge on any atom is -0.489 e. The number of rotatable bonds is 6. The van der Waals surface area contributed by atoms with Gasteiger partial charge in [-0.05, 0) is 44.1 Å². The molecule has 2 N–H and O–H groups in total. The molecule has 1 aromatic heterocycles. The summed E-state index contributed by atoms with van der Waals surface area (Å²) < 4.78 is 20.6. The van der Waals surface area contributed by atoms with Gasteiger partial charge in [-0.3, -0.25) is 9.48 Å². The highest BCUT2D eigenvalue weighted by molar-refractivity contribution is 5.84. The third-order valence-electron chi connectivity index (χ3n) is 4.28. The molecule has 1 aliphatic rings. The minimum absolute atomic E-state index is 0.0789. The SMILES string of the molecule is O=C(NCCOc1ccccc1F)C1(n2cccn2)CCNCC1. The molecule has 0 radical (unpaired) electrons. The molecule has 6 nitrogen and oxygen atoms in total. The first-order chi connectivity index (χ1) is 11.7. The molecule has 24 heavy (non-hydrogen) atoms. The van der Waals surface area contributed by atoms with Gasteiger partial charge in [-0.25, -0.2) is 4.39 Å². The van der Waals surface area contributed by atoms with Gasteiger partial charge in [-0.2, -0.15) is 5.10 Å². The molecule has 1 saturated heterocycles. The Labute approximate surface area is 140 Å². The van der Waals surface area contributed by atoms with Gasteiger partial charge in [0.25, 0.3) is 0 Å². The molecular formula is C17H21FN4O2. The van der Waals surface area contributed by atoms with E-state index in [1.54, 1.807) is 29.1 Å². The highest BCUT2D eigenvalue weighted by Crippen LogP contribution is 2.27. The number of ether oxygens (including phenoxy) is 1. The summed E-state index contributed by atoms with van der Waals surface area (Å²) in [5.74, 6) is -0.296. The number of hydrogen-bond acceptors (Lipinski definition) is 4. The zero-order chi connectivity index (χ0) is 16.8. The third kappa shape index (κ3) is 3.41. The molecule has 7 heteroatoms. The highest BCUT2D eigenvalue weighted by Gasteiger charge is 2.41. The minimum atomic E-state index is -0.674. The molecule has 1 aromatic carbocycles. The standard InChI is InChI=1S/C17H21FN4O2/c18-14-4-1-2-5-15(14)24-13-11-20-16(23)17(6-9-19-10-7-17)22-12-3-8-21-22/h1-5,8,12,19H,6-7,9-11,13H2,(H,20,23). The highest BCUT2D eigenvalue weighted by atomic mass is 19.1. The maximum absolute atomic E-state index is 13.5. The number of nitrogens with zero attached hydrogens (tertiary/aromatic N) is 2. The number of nitrogens with one attached hydrogen (secondary N) is 2. The summed E-state index contributed by atoms with van der Waals surface area (Å²) >= 11 is 0. The summed E-state index contributed by atoms with van der Waals surface area (Å²) in [6, 6.07) is 8.04. The summed E-state index contributed by atoms with van der Waals surface area (Å²) in [6.07, 6.45) is 4.85. The van der Waals surface area contributed by atoms with Gasteiger partial charge in [0.2, 0.25) is 5.91 Å². The lowest BCUT2D eigenvalue weighted by Crippen LogP contribution is -2.55. The number of benzene rings is 1. The lowest BCUT2D eigenvalue weighted by Gasteiger charge is -2.36. The molecule has 2 heterocycles. The normalized spacial score (nSPS) is 16.5. The second-order valence-electron chi connectivity index (χ2n) is 5.77. The van der Waals surface area contributed by atoms with Crippen molar-refractivity contribution in [3.05, 3.63) is 48.5 Å². The van der Waals surface area contributed by atoms with Crippen molar-refractivity contribution in [1.29, 1.82) is 0 Å². The summed E-state index contributed by atoms with van der Waals surface area (Å²) in [5, 5.41) is 10.4. The van der Waals surface area contributed by atoms with E-state index < -0.39 is 11.4 Å². The molecule has 0 saturated carbocycles. The van der Waals surface area contributed by atoms with Crippen LogP contribution in [0.2, 0.25) is 0 Å². The van der Waals surface area contributed by atoms with Gasteiger partial charge < -0.3 is 15.4 Å². The van der Waals surface area contributed by atoms with Gasteiger partial charge >= 0.3 is 0 Å². The largest absolute Gasteiger partial charge is 0.489 e. The number of carbonyl (C=O) groups is 1. The van der Waals surface area contributed by atoms with E-state index in [1.165, 1.54) is 6.07 Å². The number of hydrogen-bond donors (Lipinski definition) is 2. The molecule has 1 fully saturated rings. The van der Waals surface area contributed by atoms with E-state index in [0.717, 1.165) is 13.1 Å². The van der Waals surface area contributed by atoms with E-state index in [-0.39, 0.29) is 18.3 Å². The van der Waals surface area contributed by atoms with E-state index in [0.29, 0.717) is 19.4 Å². The zero-order valence-corrected chi connectivity index (χ0v) is 13.4. The first-order valence-electron chi connectivity index (χ1n) is 8.09. The molecule has 0 bridgehead atoms. The van der Waals surface area contributed by atoms with E-state index in [2.05, 4.69) is 15.7 Å². The molecule has 0 spiro atoms. The Bertz CT molecular complexity index is 669. The van der Waals surface area contributed by atoms with Crippen molar-refractivity contribution in [3.63, 3.8) is 0 Å². The van der Waals surface area contributed by atoms with Gasteiger partial charge in [-0.1, -0.05) is 12.1 Å². The Morgan fingerprint density at radius 2 is 2.12 bits per heavy atom. The molecule has 128 valence electrons. The van der Waals surface area contributed by atoms with Crippen molar-refractivity contribution in [2.24, 2.45) is 0 Å². The Kier molecular flexibility index (Phi) is 5.10. The molecular weight excluding hydrogens is 311 g/mol. The molecule has 1 aliphatic heterocycles. The average molecular weight is 332 g/mol. The Morgan fingerprint density at radius 3 is 2.83 bits per heavy atom. The van der Waals surface area contributed by atoms with Crippen molar-refractivity contribution in [2.45, 2.75) is 18.4 Å². The fourth-order valence-electron chi connectivity index (χ4n) is 2.97. The summed E-state index contributed by atoms with van der Waals surface area (Å²) in [5.41, 5.74) is -0.674. The predicted octanol–water partition coefficient (Wildman–Crippen LogP) is 1.30. The van der Waals surface area contributed by atoms with Crippen LogP contribution in [0, 0.1) is 5.82 Å². The van der Waals surface area contributed by atoms with Gasteiger partial charge in [0.05, 0.1) is 6.54 Å². The maximum Gasteiger partial charge on any atom is 0.248 e. The summed E-state index contributed by atoms with van der Waals surface area (Å²) in [4.78, 5) is 12.8. The van der Waals surface area contributed by atoms with Crippen LogP contribution in [0.25, 0.3) is 0 Å². The molecule has 2 aromatic rings. The van der Waals surface area contributed by atoms with Crippen LogP contribution >= 0.6 is 0 Å². The molecule has 0 unspecified atom stereocenters. The molecule has 3 rings (SSSR count). The molecule has 0 aliphatic carbocycles. The van der Waals surface area contributed by atoms with Crippen molar-refractivity contribution in [1.82, 2.24) is 20.4 Å². The lowest BCUT2D eigenvalue weighted by atomic mass is 9.87. The Balaban J connectivity index is 1.57. The first kappa shape index (κ1) is 16.4. The monoisotopic (exact) mass is 332 g/mol. The third-order valence-corrected chi connectivity index (χ3v) is 4.28. The van der Waals surface area contributed by atoms with Crippen LogP contribution in [0.1, 0.15) is 12.8 Å². The van der Waals surface area contributed by atoms with Crippen LogP contribution in [0.4, 0.5) is 4.39 Å². The van der Waals surface area contributed by atoms with Crippen LogP contribution in [0.15, 0.2) is 42.7 Å². The predicted molar refractivity (Wildman–Crippen MR) is 87.2 cm³/mol. The van der Waals surface area contributed by atoms with E-state index in [9.17, 15) is 9.18 Å². The first-order valence-corrected chi connectivity index (χ1v) is 8.09. The fourth-order valence-corrected chi connectivity index (χ4v) is 2.97. The maximum atomic E-state index is 13.5. The average Bonchev–Trinajstić information content (AvgIpc) is 3.15. The van der Waals surface area contributed by atoms with Crippen molar-refractivity contribution < 1.29 is 13.9 Å². The van der Waals surface area contributed by atoms with Gasteiger partial charge in [0.1, 0.15) is 12.1 Å². The summed E-state index contributed by atoms with van der Waals surface area (Å²) in [6.45, 7) is 2.04. The number of piperidine rings is 1. The second-order valence-corrected chi connectivity index (χ2v) is 5.77. The van der Waals surface area contributed by atoms with Crippen LogP contribution in [0.3, 0.4) is 0 Å².